The molecule has 0 atom stereocenters. The molecule has 458 valence electrons. The Kier molecular flexibility index (Phi) is 25.8. The lowest BCUT2D eigenvalue weighted by Gasteiger charge is -2.19. The highest BCUT2D eigenvalue weighted by Crippen LogP contribution is 2.51. The van der Waals surface area contributed by atoms with E-state index < -0.39 is 60.5 Å². The molecule has 6 aromatic carbocycles. The first-order chi connectivity index (χ1) is 41.0. The molecule has 8 rings (SSSR count). The van der Waals surface area contributed by atoms with Gasteiger partial charge in [0, 0.05) is 34.0 Å². The predicted molar refractivity (Wildman–Crippen MR) is 323 cm³/mol. The van der Waals surface area contributed by atoms with Gasteiger partial charge in [0.1, 0.15) is 11.5 Å². The Balaban J connectivity index is 0.000000220. The monoisotopic (exact) mass is 1280 g/mol. The van der Waals surface area contributed by atoms with Gasteiger partial charge in [-0.15, -0.1) is 0 Å². The number of benzene rings is 6. The van der Waals surface area contributed by atoms with Gasteiger partial charge in [-0.05, 0) is 86.3 Å². The normalized spacial score (nSPS) is 11.7. The Morgan fingerprint density at radius 3 is 1.24 bits per heavy atom. The van der Waals surface area contributed by atoms with Gasteiger partial charge in [0.25, 0.3) is 11.1 Å². The van der Waals surface area contributed by atoms with Crippen LogP contribution >= 0.6 is 38.7 Å². The summed E-state index contributed by atoms with van der Waals surface area (Å²) in [5.74, 6) is 0.712. The van der Waals surface area contributed by atoms with E-state index in [1.54, 1.807) is 98.8 Å². The van der Waals surface area contributed by atoms with Crippen molar-refractivity contribution >= 4 is 48.8 Å². The van der Waals surface area contributed by atoms with E-state index in [2.05, 4.69) is 14.2 Å². The first-order valence-corrected chi connectivity index (χ1v) is 32.9. The number of nitrogens with one attached hydrogen (secondary N) is 2. The smallest absolute Gasteiger partial charge is 0.508 e. The van der Waals surface area contributed by atoms with E-state index in [0.717, 1.165) is 20.9 Å². The summed E-state index contributed by atoms with van der Waals surface area (Å²) in [4.78, 5) is 54.0. The Bertz CT molecular complexity index is 3840. The minimum atomic E-state index is -5.79. The summed E-state index contributed by atoms with van der Waals surface area (Å²) in [5, 5.41) is 10.6. The Hall–Kier alpha value is -7.02. The van der Waals surface area contributed by atoms with Gasteiger partial charge >= 0.3 is 42.2 Å². The zero-order chi connectivity index (χ0) is 62.3. The molecule has 0 bridgehead atoms. The van der Waals surface area contributed by atoms with Crippen LogP contribution in [0.15, 0.2) is 209 Å². The average Bonchev–Trinajstić information content (AvgIpc) is 2.91. The molecule has 2 heterocycles. The first kappa shape index (κ1) is 68.1. The fraction of sp³-hybridized carbons (Fsp3) is 0.254. The molecule has 0 spiro atoms. The van der Waals surface area contributed by atoms with Crippen molar-refractivity contribution in [2.24, 2.45) is 0 Å². The van der Waals surface area contributed by atoms with Crippen molar-refractivity contribution in [2.45, 2.75) is 92.6 Å². The SMILES string of the molecule is CCn1c(Sc2cccc(O)c2)c(C)c(=O)[nH]c1=O.CCn1c(Sc2cccc(OCCP(=O)(OCc3ccccc3)OCc3ccccc3)c2)c(C)c(=O)[nH]c1=O.O=P(CCOS(=O)(=O)C(F)(F)F)(OCc1ccccc1)OCc1ccccc1. The van der Waals surface area contributed by atoms with Crippen molar-refractivity contribution in [2.75, 3.05) is 25.5 Å². The number of halogens is 3. The molecule has 0 fully saturated rings. The Labute approximate surface area is 502 Å². The quantitative estimate of drug-likeness (QED) is 0.0197. The number of aromatic amines is 2. The molecule has 27 heteroatoms. The molecular weight excluding hydrogens is 1220 g/mol. The average molecular weight is 1280 g/mol. The fourth-order valence-electron chi connectivity index (χ4n) is 7.46. The Morgan fingerprint density at radius 2 is 0.884 bits per heavy atom. The third-order valence-electron chi connectivity index (χ3n) is 12.0. The summed E-state index contributed by atoms with van der Waals surface area (Å²) in [6.45, 7) is 7.13. The lowest BCUT2D eigenvalue weighted by Crippen LogP contribution is -2.32. The number of phenolic OH excluding ortho intramolecular Hbond substituents is 1. The zero-order valence-electron chi connectivity index (χ0n) is 47.0. The highest BCUT2D eigenvalue weighted by molar-refractivity contribution is 7.99. The highest BCUT2D eigenvalue weighted by atomic mass is 32.2. The topological polar surface area (TPSA) is 254 Å². The molecule has 0 unspecified atom stereocenters. The fourth-order valence-corrected chi connectivity index (χ4v) is 12.9. The lowest BCUT2D eigenvalue weighted by atomic mass is 10.2. The van der Waals surface area contributed by atoms with Crippen molar-refractivity contribution in [1.82, 2.24) is 19.1 Å². The van der Waals surface area contributed by atoms with Crippen LogP contribution in [0.1, 0.15) is 47.2 Å². The maximum atomic E-state index is 13.6. The molecule has 8 aromatic rings. The molecule has 86 heavy (non-hydrogen) atoms. The van der Waals surface area contributed by atoms with Crippen molar-refractivity contribution in [3.8, 4) is 11.5 Å². The molecule has 3 N–H and O–H groups in total. The van der Waals surface area contributed by atoms with Crippen molar-refractivity contribution in [1.29, 1.82) is 0 Å². The van der Waals surface area contributed by atoms with Crippen LogP contribution in [0.2, 0.25) is 0 Å². The number of H-pyrrole nitrogens is 2. The number of nitrogens with zero attached hydrogens (tertiary/aromatic N) is 2. The summed E-state index contributed by atoms with van der Waals surface area (Å²) < 4.78 is 121. The second-order valence-corrected chi connectivity index (χ2v) is 26.4. The van der Waals surface area contributed by atoms with E-state index in [1.165, 1.54) is 32.7 Å². The number of phenols is 1. The molecule has 0 amide bonds. The number of alkyl halides is 3. The van der Waals surface area contributed by atoms with Crippen molar-refractivity contribution in [3.63, 3.8) is 0 Å². The van der Waals surface area contributed by atoms with Gasteiger partial charge in [-0.25, -0.2) is 9.59 Å². The third kappa shape index (κ3) is 21.1. The third-order valence-corrected chi connectivity index (χ3v) is 19.0. The summed E-state index contributed by atoms with van der Waals surface area (Å²) in [7, 11) is -13.2. The Morgan fingerprint density at radius 1 is 0.523 bits per heavy atom. The number of hydrogen-bond donors (Lipinski definition) is 3. The van der Waals surface area contributed by atoms with Gasteiger partial charge in [0.15, 0.2) is 0 Å². The minimum Gasteiger partial charge on any atom is -0.508 e. The largest absolute Gasteiger partial charge is 0.523 e. The van der Waals surface area contributed by atoms with Crippen LogP contribution in [-0.4, -0.2) is 63.7 Å². The van der Waals surface area contributed by atoms with Crippen LogP contribution < -0.4 is 27.2 Å². The summed E-state index contributed by atoms with van der Waals surface area (Å²) in [6.07, 6.45) is -0.603. The number of ether oxygens (including phenoxy) is 1. The maximum absolute atomic E-state index is 13.6. The van der Waals surface area contributed by atoms with Gasteiger partial charge in [-0.2, -0.15) is 21.6 Å². The molecule has 0 saturated carbocycles. The highest BCUT2D eigenvalue weighted by Gasteiger charge is 2.47. The van der Waals surface area contributed by atoms with Gasteiger partial charge in [0.05, 0.1) is 62.0 Å². The molecule has 0 saturated heterocycles. The van der Waals surface area contributed by atoms with Gasteiger partial charge in [0.2, 0.25) is 0 Å². The van der Waals surface area contributed by atoms with E-state index in [4.69, 9.17) is 22.8 Å². The number of hydrogen-bond acceptors (Lipinski definition) is 17. The maximum Gasteiger partial charge on any atom is 0.523 e. The molecule has 2 aromatic heterocycles. The van der Waals surface area contributed by atoms with Crippen LogP contribution in [0.5, 0.6) is 11.5 Å². The van der Waals surface area contributed by atoms with E-state index in [0.29, 0.717) is 51.1 Å². The van der Waals surface area contributed by atoms with E-state index >= 15 is 0 Å². The summed E-state index contributed by atoms with van der Waals surface area (Å²) in [5.41, 5.74) is -3.12. The number of aromatic nitrogens is 4. The standard InChI is InChI=1S/C29H31N2O6PS.C17H18F3O6PS.C13H14N2O3S/c1-3-31-28(22(2)27(32)30-29(31)33)39-26-16-10-15-25(19-26)35-17-18-38(34,36-20-23-11-6-4-7-12-23)37-21-24-13-8-5-9-14-24;18-17(19,20)28(22,23)26-11-12-27(21,24-13-15-7-3-1-4-8-15)25-14-16-9-5-2-6-10-16;1-3-15-12(8(2)11(17)14-13(15)18)19-10-6-4-5-9(16)7-10/h4-16,19H,3,17-18,20-21H2,1-2H3,(H,30,32,33);1-10H,11-14H2;4-7,16H,3H2,1-2H3,(H,14,17,18). The van der Waals surface area contributed by atoms with Crippen LogP contribution in [0, 0.1) is 13.8 Å². The van der Waals surface area contributed by atoms with Crippen LogP contribution in [-0.2, 0) is 81.0 Å². The lowest BCUT2D eigenvalue weighted by molar-refractivity contribution is -0.0539. The predicted octanol–water partition coefficient (Wildman–Crippen LogP) is 12.2. The van der Waals surface area contributed by atoms with Crippen molar-refractivity contribution < 1.29 is 62.8 Å². The van der Waals surface area contributed by atoms with Gasteiger partial charge in [-0.1, -0.05) is 157 Å². The summed E-state index contributed by atoms with van der Waals surface area (Å²) >= 11 is 2.61. The second kappa shape index (κ2) is 32.6. The molecule has 0 aliphatic rings. The van der Waals surface area contributed by atoms with E-state index in [-0.39, 0.29) is 50.5 Å². The molecular formula is C59H63F3N4O15P2S3. The minimum absolute atomic E-state index is 0.0621. The van der Waals surface area contributed by atoms with Crippen molar-refractivity contribution in [3.05, 3.63) is 245 Å². The molecule has 0 radical (unpaired) electrons. The molecule has 0 aliphatic heterocycles. The summed E-state index contributed by atoms with van der Waals surface area (Å²) in [6, 6.07) is 50.3. The van der Waals surface area contributed by atoms with Crippen LogP contribution in [0.25, 0.3) is 0 Å². The van der Waals surface area contributed by atoms with Gasteiger partial charge in [-0.3, -0.25) is 42.0 Å². The second-order valence-electron chi connectivity index (χ2n) is 18.3. The number of aromatic hydroxyl groups is 1. The van der Waals surface area contributed by atoms with E-state index in [1.807, 2.05) is 98.8 Å². The van der Waals surface area contributed by atoms with Gasteiger partial charge < -0.3 is 27.9 Å². The molecule has 0 aliphatic carbocycles. The first-order valence-electron chi connectivity index (χ1n) is 26.4. The molecule has 19 nitrogen and oxygen atoms in total. The number of rotatable bonds is 26. The van der Waals surface area contributed by atoms with E-state index in [9.17, 15) is 55.0 Å². The van der Waals surface area contributed by atoms with Crippen LogP contribution in [0.3, 0.4) is 0 Å². The zero-order valence-corrected chi connectivity index (χ0v) is 51.3. The van der Waals surface area contributed by atoms with Crippen LogP contribution in [0.4, 0.5) is 13.2 Å².